The Labute approximate surface area is 177 Å². The lowest BCUT2D eigenvalue weighted by Crippen LogP contribution is -2.52. The Morgan fingerprint density at radius 1 is 1.00 bits per heavy atom. The maximum atomic E-state index is 12.7. The van der Waals surface area contributed by atoms with Gasteiger partial charge in [0.05, 0.1) is 6.54 Å². The van der Waals surface area contributed by atoms with Crippen molar-refractivity contribution in [2.75, 3.05) is 45.8 Å². The van der Waals surface area contributed by atoms with E-state index in [0.717, 1.165) is 48.1 Å². The standard InChI is InChI=1S/C23H32N4O3/c1-17-21(18-8-4-5-9-19(18)24-17)22(23(29)30)27-14-12-25(13-15-27)16-20(28)26-10-6-2-3-7-11-26/h4-5,8-9,22,24H,2-3,6-7,10-16H2,1H3,(H,29,30). The molecule has 30 heavy (non-hydrogen) atoms. The quantitative estimate of drug-likeness (QED) is 0.789. The van der Waals surface area contributed by atoms with Crippen molar-refractivity contribution < 1.29 is 14.7 Å². The fourth-order valence-electron chi connectivity index (χ4n) is 4.90. The van der Waals surface area contributed by atoms with Crippen LogP contribution >= 0.6 is 0 Å². The van der Waals surface area contributed by atoms with Crippen LogP contribution in [0.5, 0.6) is 0 Å². The zero-order valence-electron chi connectivity index (χ0n) is 17.8. The number of fused-ring (bicyclic) bond motifs is 1. The van der Waals surface area contributed by atoms with E-state index in [1.54, 1.807) is 0 Å². The van der Waals surface area contributed by atoms with Crippen LogP contribution in [0.25, 0.3) is 10.9 Å². The predicted octanol–water partition coefficient (Wildman–Crippen LogP) is 2.62. The number of carboxylic acids is 1. The van der Waals surface area contributed by atoms with Crippen LogP contribution in [0.1, 0.15) is 43.0 Å². The monoisotopic (exact) mass is 412 g/mol. The molecule has 2 aliphatic rings. The number of aromatic nitrogens is 1. The van der Waals surface area contributed by atoms with E-state index in [1.807, 2.05) is 41.0 Å². The third-order valence-corrected chi connectivity index (χ3v) is 6.54. The van der Waals surface area contributed by atoms with Crippen molar-refractivity contribution in [1.82, 2.24) is 19.7 Å². The number of carbonyl (C=O) groups excluding carboxylic acids is 1. The smallest absolute Gasteiger partial charge is 0.325 e. The second-order valence-electron chi connectivity index (χ2n) is 8.56. The molecule has 1 aromatic carbocycles. The number of rotatable bonds is 5. The molecule has 162 valence electrons. The van der Waals surface area contributed by atoms with Gasteiger partial charge in [-0.1, -0.05) is 31.0 Å². The lowest BCUT2D eigenvalue weighted by molar-refractivity contribution is -0.145. The van der Waals surface area contributed by atoms with Crippen LogP contribution < -0.4 is 0 Å². The highest BCUT2D eigenvalue weighted by Gasteiger charge is 2.34. The zero-order valence-corrected chi connectivity index (χ0v) is 17.8. The molecule has 4 rings (SSSR count). The van der Waals surface area contributed by atoms with E-state index in [-0.39, 0.29) is 5.91 Å². The molecular weight excluding hydrogens is 380 g/mol. The van der Waals surface area contributed by atoms with Gasteiger partial charge in [0, 0.05) is 61.4 Å². The number of benzene rings is 1. The van der Waals surface area contributed by atoms with E-state index in [0.29, 0.717) is 32.7 Å². The minimum Gasteiger partial charge on any atom is -0.480 e. The summed E-state index contributed by atoms with van der Waals surface area (Å²) >= 11 is 0. The van der Waals surface area contributed by atoms with Gasteiger partial charge in [0.25, 0.3) is 0 Å². The van der Waals surface area contributed by atoms with Gasteiger partial charge in [0.1, 0.15) is 6.04 Å². The Morgan fingerprint density at radius 3 is 2.33 bits per heavy atom. The lowest BCUT2D eigenvalue weighted by Gasteiger charge is -2.38. The molecule has 2 N–H and O–H groups in total. The van der Waals surface area contributed by atoms with Crippen LogP contribution in [0.15, 0.2) is 24.3 Å². The van der Waals surface area contributed by atoms with Crippen LogP contribution in [0.4, 0.5) is 0 Å². The number of carboxylic acid groups (broad SMARTS) is 1. The van der Waals surface area contributed by atoms with Crippen LogP contribution in [-0.2, 0) is 9.59 Å². The Kier molecular flexibility index (Phi) is 6.39. The lowest BCUT2D eigenvalue weighted by atomic mass is 10.0. The molecule has 0 radical (unpaired) electrons. The number of aliphatic carboxylic acids is 1. The summed E-state index contributed by atoms with van der Waals surface area (Å²) in [6.07, 6.45) is 4.63. The summed E-state index contributed by atoms with van der Waals surface area (Å²) in [6, 6.07) is 7.20. The predicted molar refractivity (Wildman–Crippen MR) is 116 cm³/mol. The van der Waals surface area contributed by atoms with E-state index < -0.39 is 12.0 Å². The molecule has 2 saturated heterocycles. The largest absolute Gasteiger partial charge is 0.480 e. The van der Waals surface area contributed by atoms with Crippen molar-refractivity contribution in [3.05, 3.63) is 35.5 Å². The maximum absolute atomic E-state index is 12.7. The number of hydrogen-bond donors (Lipinski definition) is 2. The molecule has 0 spiro atoms. The number of nitrogens with zero attached hydrogens (tertiary/aromatic N) is 3. The average Bonchev–Trinajstić information content (AvgIpc) is 2.90. The summed E-state index contributed by atoms with van der Waals surface area (Å²) in [7, 11) is 0. The van der Waals surface area contributed by atoms with Gasteiger partial charge in [-0.3, -0.25) is 19.4 Å². The zero-order chi connectivity index (χ0) is 21.1. The van der Waals surface area contributed by atoms with Crippen molar-refractivity contribution in [3.63, 3.8) is 0 Å². The highest BCUT2D eigenvalue weighted by Crippen LogP contribution is 2.32. The van der Waals surface area contributed by atoms with Crippen LogP contribution in [-0.4, -0.2) is 82.5 Å². The van der Waals surface area contributed by atoms with Crippen LogP contribution in [0.3, 0.4) is 0 Å². The highest BCUT2D eigenvalue weighted by molar-refractivity contribution is 5.90. The molecule has 1 atom stereocenters. The molecule has 2 aromatic rings. The first-order chi connectivity index (χ1) is 14.5. The number of hydrogen-bond acceptors (Lipinski definition) is 4. The molecule has 3 heterocycles. The molecule has 0 bridgehead atoms. The third-order valence-electron chi connectivity index (χ3n) is 6.54. The molecule has 0 saturated carbocycles. The molecule has 1 unspecified atom stereocenters. The molecule has 2 aliphatic heterocycles. The number of H-pyrrole nitrogens is 1. The average molecular weight is 413 g/mol. The van der Waals surface area contributed by atoms with E-state index in [2.05, 4.69) is 9.88 Å². The summed E-state index contributed by atoms with van der Waals surface area (Å²) in [5.41, 5.74) is 2.73. The SMILES string of the molecule is Cc1[nH]c2ccccc2c1C(C(=O)O)N1CCN(CC(=O)N2CCCCCC2)CC1. The fraction of sp³-hybridized carbons (Fsp3) is 0.565. The summed E-state index contributed by atoms with van der Waals surface area (Å²) in [5, 5.41) is 11.0. The number of piperazine rings is 1. The van der Waals surface area contributed by atoms with Gasteiger partial charge in [0.2, 0.25) is 5.91 Å². The topological polar surface area (TPSA) is 79.9 Å². The van der Waals surface area contributed by atoms with Crippen molar-refractivity contribution in [3.8, 4) is 0 Å². The van der Waals surface area contributed by atoms with Gasteiger partial charge in [-0.05, 0) is 25.8 Å². The fourth-order valence-corrected chi connectivity index (χ4v) is 4.90. The van der Waals surface area contributed by atoms with E-state index in [1.165, 1.54) is 12.8 Å². The van der Waals surface area contributed by atoms with Gasteiger partial charge >= 0.3 is 5.97 Å². The van der Waals surface area contributed by atoms with Crippen molar-refractivity contribution in [2.24, 2.45) is 0 Å². The molecule has 1 aromatic heterocycles. The third kappa shape index (κ3) is 4.37. The van der Waals surface area contributed by atoms with Crippen LogP contribution in [0, 0.1) is 6.92 Å². The normalized spacial score (nSPS) is 20.2. The maximum Gasteiger partial charge on any atom is 0.325 e. The number of para-hydroxylation sites is 1. The summed E-state index contributed by atoms with van der Waals surface area (Å²) in [5.74, 6) is -0.607. The van der Waals surface area contributed by atoms with Crippen molar-refractivity contribution in [1.29, 1.82) is 0 Å². The van der Waals surface area contributed by atoms with Crippen LogP contribution in [0.2, 0.25) is 0 Å². The number of aromatic amines is 1. The van der Waals surface area contributed by atoms with Gasteiger partial charge < -0.3 is 15.0 Å². The highest BCUT2D eigenvalue weighted by atomic mass is 16.4. The molecule has 0 aliphatic carbocycles. The first-order valence-electron chi connectivity index (χ1n) is 11.1. The number of nitrogens with one attached hydrogen (secondary N) is 1. The number of aryl methyl sites for hydroxylation is 1. The Balaban J connectivity index is 1.42. The summed E-state index contributed by atoms with van der Waals surface area (Å²) < 4.78 is 0. The first kappa shape index (κ1) is 20.9. The van der Waals surface area contributed by atoms with E-state index >= 15 is 0 Å². The Bertz CT molecular complexity index is 893. The van der Waals surface area contributed by atoms with E-state index in [9.17, 15) is 14.7 Å². The van der Waals surface area contributed by atoms with Gasteiger partial charge in [-0.15, -0.1) is 0 Å². The van der Waals surface area contributed by atoms with Crippen molar-refractivity contribution >= 4 is 22.8 Å². The second-order valence-corrected chi connectivity index (χ2v) is 8.56. The Hall–Kier alpha value is -2.38. The first-order valence-corrected chi connectivity index (χ1v) is 11.1. The number of carbonyl (C=O) groups is 2. The summed E-state index contributed by atoms with van der Waals surface area (Å²) in [4.78, 5) is 34.5. The minimum atomic E-state index is -0.822. The molecule has 7 heteroatoms. The Morgan fingerprint density at radius 2 is 1.67 bits per heavy atom. The minimum absolute atomic E-state index is 0.215. The summed E-state index contributed by atoms with van der Waals surface area (Å²) in [6.45, 7) is 6.85. The molecule has 2 fully saturated rings. The number of amides is 1. The van der Waals surface area contributed by atoms with Gasteiger partial charge in [0.15, 0.2) is 0 Å². The number of likely N-dealkylation sites (tertiary alicyclic amines) is 1. The van der Waals surface area contributed by atoms with Gasteiger partial charge in [-0.2, -0.15) is 0 Å². The second kappa shape index (κ2) is 9.18. The van der Waals surface area contributed by atoms with Gasteiger partial charge in [-0.25, -0.2) is 0 Å². The molecule has 1 amide bonds. The molecule has 7 nitrogen and oxygen atoms in total. The molecular formula is C23H32N4O3. The van der Waals surface area contributed by atoms with E-state index in [4.69, 9.17) is 0 Å². The van der Waals surface area contributed by atoms with Crippen molar-refractivity contribution in [2.45, 2.75) is 38.6 Å².